The Morgan fingerprint density at radius 2 is 1.71 bits per heavy atom. The van der Waals surface area contributed by atoms with E-state index >= 15 is 0 Å². The number of methoxy groups -OCH3 is 1. The molecular weight excluding hydrogens is 329 g/mol. The monoisotopic (exact) mass is 341 g/mol. The summed E-state index contributed by atoms with van der Waals surface area (Å²) < 4.78 is 12.0. The summed E-state index contributed by atoms with van der Waals surface area (Å²) in [6, 6.07) is 13.1. The molecule has 0 aromatic heterocycles. The number of nitrogens with two attached hydrogens (primary N) is 1. The van der Waals surface area contributed by atoms with Gasteiger partial charge in [-0.1, -0.05) is 12.1 Å². The third kappa shape index (κ3) is 2.82. The average molecular weight is 341 g/mol. The van der Waals surface area contributed by atoms with Gasteiger partial charge in [0.1, 0.15) is 5.75 Å². The van der Waals surface area contributed by atoms with Crippen LogP contribution in [0.25, 0.3) is 0 Å². The van der Waals surface area contributed by atoms with Gasteiger partial charge in [0.25, 0.3) is 0 Å². The van der Waals surface area contributed by atoms with Crippen LogP contribution < -0.4 is 15.2 Å². The molecule has 0 aliphatic carbocycles. The Kier molecular flexibility index (Phi) is 3.73. The lowest BCUT2D eigenvalue weighted by atomic mass is 10.3. The van der Waals surface area contributed by atoms with Crippen molar-refractivity contribution >= 4 is 28.3 Å². The summed E-state index contributed by atoms with van der Waals surface area (Å²) in [6.45, 7) is 0. The van der Waals surface area contributed by atoms with Crippen molar-refractivity contribution in [1.82, 2.24) is 0 Å². The molecule has 0 saturated carbocycles. The molecule has 4 heteroatoms. The molecule has 2 rings (SSSR count). The van der Waals surface area contributed by atoms with Crippen LogP contribution in [0.15, 0.2) is 42.5 Å². The quantitative estimate of drug-likeness (QED) is 0.684. The smallest absolute Gasteiger partial charge is 0.169 e. The van der Waals surface area contributed by atoms with Gasteiger partial charge >= 0.3 is 0 Å². The molecular formula is C13H12INO2. The molecule has 88 valence electrons. The first-order valence-electron chi connectivity index (χ1n) is 5.06. The number of ether oxygens (including phenoxy) is 2. The summed E-state index contributed by atoms with van der Waals surface area (Å²) in [5.41, 5.74) is 6.42. The zero-order valence-electron chi connectivity index (χ0n) is 9.31. The van der Waals surface area contributed by atoms with Gasteiger partial charge in [0, 0.05) is 5.69 Å². The molecule has 2 aromatic rings. The second kappa shape index (κ2) is 5.27. The van der Waals surface area contributed by atoms with Crippen molar-refractivity contribution in [2.45, 2.75) is 0 Å². The second-order valence-corrected chi connectivity index (χ2v) is 4.60. The maximum Gasteiger partial charge on any atom is 0.169 e. The van der Waals surface area contributed by atoms with Gasteiger partial charge in [0.05, 0.1) is 10.7 Å². The zero-order chi connectivity index (χ0) is 12.3. The Labute approximate surface area is 114 Å². The van der Waals surface area contributed by atoms with E-state index in [1.807, 2.05) is 42.5 Å². The second-order valence-electron chi connectivity index (χ2n) is 3.44. The summed E-state index contributed by atoms with van der Waals surface area (Å²) in [5, 5.41) is 0. The van der Waals surface area contributed by atoms with Gasteiger partial charge in [-0.25, -0.2) is 0 Å². The van der Waals surface area contributed by atoms with Crippen LogP contribution in [0, 0.1) is 3.57 Å². The first kappa shape index (κ1) is 12.0. The zero-order valence-corrected chi connectivity index (χ0v) is 11.5. The Hall–Kier alpha value is -1.43. The molecule has 2 aromatic carbocycles. The fourth-order valence-corrected chi connectivity index (χ4v) is 2.07. The minimum Gasteiger partial charge on any atom is -0.493 e. The molecule has 0 saturated heterocycles. The van der Waals surface area contributed by atoms with E-state index in [2.05, 4.69) is 22.6 Å². The van der Waals surface area contributed by atoms with Crippen molar-refractivity contribution in [2.24, 2.45) is 0 Å². The molecule has 0 unspecified atom stereocenters. The van der Waals surface area contributed by atoms with Crippen molar-refractivity contribution in [1.29, 1.82) is 0 Å². The summed E-state index contributed by atoms with van der Waals surface area (Å²) in [6.07, 6.45) is 0. The molecule has 0 amide bonds. The molecule has 0 radical (unpaired) electrons. The highest BCUT2D eigenvalue weighted by Gasteiger charge is 2.07. The Bertz CT molecular complexity index is 529. The van der Waals surface area contributed by atoms with Gasteiger partial charge in [-0.05, 0) is 52.9 Å². The van der Waals surface area contributed by atoms with Gasteiger partial charge in [0.15, 0.2) is 11.5 Å². The minimum absolute atomic E-state index is 0.692. The predicted octanol–water partition coefficient (Wildman–Crippen LogP) is 3.67. The van der Waals surface area contributed by atoms with Crippen LogP contribution in [0.1, 0.15) is 0 Å². The van der Waals surface area contributed by atoms with Crippen molar-refractivity contribution in [2.75, 3.05) is 12.8 Å². The first-order chi connectivity index (χ1) is 8.20. The molecule has 17 heavy (non-hydrogen) atoms. The van der Waals surface area contributed by atoms with E-state index in [0.29, 0.717) is 11.5 Å². The molecule has 2 N–H and O–H groups in total. The van der Waals surface area contributed by atoms with Crippen LogP contribution in [-0.2, 0) is 0 Å². The van der Waals surface area contributed by atoms with Crippen molar-refractivity contribution in [3.63, 3.8) is 0 Å². The SMILES string of the molecule is COc1ccccc1Oc1ccc(N)cc1I. The molecule has 0 spiro atoms. The average Bonchev–Trinajstić information content (AvgIpc) is 2.33. The highest BCUT2D eigenvalue weighted by Crippen LogP contribution is 2.33. The normalized spacial score (nSPS) is 10.0. The summed E-state index contributed by atoms with van der Waals surface area (Å²) in [5.74, 6) is 2.17. The summed E-state index contributed by atoms with van der Waals surface area (Å²) in [7, 11) is 1.62. The van der Waals surface area contributed by atoms with E-state index in [1.54, 1.807) is 7.11 Å². The molecule has 0 aliphatic heterocycles. The Morgan fingerprint density at radius 1 is 1.00 bits per heavy atom. The van der Waals surface area contributed by atoms with E-state index in [-0.39, 0.29) is 0 Å². The van der Waals surface area contributed by atoms with E-state index in [9.17, 15) is 0 Å². The topological polar surface area (TPSA) is 44.5 Å². The number of benzene rings is 2. The van der Waals surface area contributed by atoms with Gasteiger partial charge in [-0.15, -0.1) is 0 Å². The number of anilines is 1. The van der Waals surface area contributed by atoms with Gasteiger partial charge < -0.3 is 15.2 Å². The molecule has 0 aliphatic rings. The van der Waals surface area contributed by atoms with Crippen LogP contribution in [0.5, 0.6) is 17.2 Å². The number of hydrogen-bond acceptors (Lipinski definition) is 3. The summed E-state index contributed by atoms with van der Waals surface area (Å²) in [4.78, 5) is 0. The molecule has 0 heterocycles. The van der Waals surface area contributed by atoms with Crippen LogP contribution in [-0.4, -0.2) is 7.11 Å². The van der Waals surface area contributed by atoms with Gasteiger partial charge in [-0.2, -0.15) is 0 Å². The fraction of sp³-hybridized carbons (Fsp3) is 0.0769. The number of nitrogen functional groups attached to an aromatic ring is 1. The standard InChI is InChI=1S/C13H12INO2/c1-16-12-4-2-3-5-13(12)17-11-7-6-9(15)8-10(11)14/h2-8H,15H2,1H3. The highest BCUT2D eigenvalue weighted by molar-refractivity contribution is 14.1. The number of para-hydroxylation sites is 2. The molecule has 0 bridgehead atoms. The number of rotatable bonds is 3. The lowest BCUT2D eigenvalue weighted by Gasteiger charge is -2.11. The number of hydrogen-bond donors (Lipinski definition) is 1. The van der Waals surface area contributed by atoms with E-state index in [4.69, 9.17) is 15.2 Å². The third-order valence-corrected chi connectivity index (χ3v) is 3.09. The first-order valence-corrected chi connectivity index (χ1v) is 6.14. The fourth-order valence-electron chi connectivity index (χ4n) is 1.42. The van der Waals surface area contributed by atoms with Crippen molar-refractivity contribution < 1.29 is 9.47 Å². The largest absolute Gasteiger partial charge is 0.493 e. The molecule has 0 atom stereocenters. The van der Waals surface area contributed by atoms with Crippen molar-refractivity contribution in [3.05, 3.63) is 46.0 Å². The maximum atomic E-state index is 5.80. The van der Waals surface area contributed by atoms with Gasteiger partial charge in [0.2, 0.25) is 0 Å². The van der Waals surface area contributed by atoms with E-state index in [1.165, 1.54) is 0 Å². The maximum absolute atomic E-state index is 5.80. The predicted molar refractivity (Wildman–Crippen MR) is 76.6 cm³/mol. The lowest BCUT2D eigenvalue weighted by molar-refractivity contribution is 0.378. The summed E-state index contributed by atoms with van der Waals surface area (Å²) >= 11 is 2.19. The third-order valence-electron chi connectivity index (χ3n) is 2.24. The van der Waals surface area contributed by atoms with E-state index < -0.39 is 0 Å². The number of halogens is 1. The highest BCUT2D eigenvalue weighted by atomic mass is 127. The van der Waals surface area contributed by atoms with Crippen LogP contribution in [0.4, 0.5) is 5.69 Å². The van der Waals surface area contributed by atoms with Crippen LogP contribution >= 0.6 is 22.6 Å². The molecule has 0 fully saturated rings. The lowest BCUT2D eigenvalue weighted by Crippen LogP contribution is -1.93. The Morgan fingerprint density at radius 3 is 2.35 bits per heavy atom. The van der Waals surface area contributed by atoms with Crippen LogP contribution in [0.3, 0.4) is 0 Å². The Balaban J connectivity index is 2.31. The minimum atomic E-state index is 0.692. The van der Waals surface area contributed by atoms with Crippen molar-refractivity contribution in [3.8, 4) is 17.2 Å². The van der Waals surface area contributed by atoms with Gasteiger partial charge in [-0.3, -0.25) is 0 Å². The molecule has 3 nitrogen and oxygen atoms in total. The van der Waals surface area contributed by atoms with Crippen LogP contribution in [0.2, 0.25) is 0 Å². The van der Waals surface area contributed by atoms with E-state index in [0.717, 1.165) is 15.0 Å².